The maximum Gasteiger partial charge on any atom is 0.157 e. The van der Waals surface area contributed by atoms with Gasteiger partial charge in [-0.3, -0.25) is 4.99 Å². The van der Waals surface area contributed by atoms with E-state index in [2.05, 4.69) is 24.2 Å². The number of thioether (sulfide) groups is 1. The molecule has 1 aliphatic heterocycles. The summed E-state index contributed by atoms with van der Waals surface area (Å²) in [6.45, 7) is 7.09. The van der Waals surface area contributed by atoms with Crippen molar-refractivity contribution in [2.24, 2.45) is 10.9 Å². The van der Waals surface area contributed by atoms with Crippen LogP contribution in [0, 0.1) is 5.92 Å². The van der Waals surface area contributed by atoms with E-state index in [1.54, 1.807) is 7.11 Å². The van der Waals surface area contributed by atoms with E-state index in [0.717, 1.165) is 30.8 Å². The molecule has 1 N–H and O–H groups in total. The first-order valence-electron chi connectivity index (χ1n) is 5.16. The minimum absolute atomic E-state index is 0.681. The molecule has 0 spiro atoms. The van der Waals surface area contributed by atoms with E-state index < -0.39 is 0 Å². The van der Waals surface area contributed by atoms with Crippen LogP contribution in [0.25, 0.3) is 0 Å². The lowest BCUT2D eigenvalue weighted by atomic mass is 10.1. The summed E-state index contributed by atoms with van der Waals surface area (Å²) in [5.41, 5.74) is 0. The van der Waals surface area contributed by atoms with Crippen molar-refractivity contribution in [2.45, 2.75) is 25.5 Å². The SMILES string of the molecule is COCCNC1=NCC(CC(C)C)S1. The van der Waals surface area contributed by atoms with Gasteiger partial charge in [-0.1, -0.05) is 25.6 Å². The third kappa shape index (κ3) is 4.33. The largest absolute Gasteiger partial charge is 0.383 e. The quantitative estimate of drug-likeness (QED) is 0.711. The third-order valence-electron chi connectivity index (χ3n) is 2.03. The van der Waals surface area contributed by atoms with Crippen LogP contribution in [0.2, 0.25) is 0 Å². The number of hydrogen-bond acceptors (Lipinski definition) is 4. The first-order chi connectivity index (χ1) is 6.72. The molecular weight excluding hydrogens is 196 g/mol. The molecule has 0 saturated carbocycles. The van der Waals surface area contributed by atoms with Crippen molar-refractivity contribution in [1.82, 2.24) is 5.32 Å². The minimum Gasteiger partial charge on any atom is -0.383 e. The predicted octanol–water partition coefficient (Wildman–Crippen LogP) is 1.74. The molecule has 1 unspecified atom stereocenters. The van der Waals surface area contributed by atoms with Crippen LogP contribution in [-0.4, -0.2) is 37.2 Å². The van der Waals surface area contributed by atoms with Gasteiger partial charge in [0.05, 0.1) is 13.2 Å². The van der Waals surface area contributed by atoms with E-state index in [1.165, 1.54) is 6.42 Å². The van der Waals surface area contributed by atoms with E-state index in [1.807, 2.05) is 11.8 Å². The van der Waals surface area contributed by atoms with E-state index in [4.69, 9.17) is 4.74 Å². The maximum absolute atomic E-state index is 4.97. The molecule has 0 amide bonds. The van der Waals surface area contributed by atoms with E-state index >= 15 is 0 Å². The number of ether oxygens (including phenoxy) is 1. The Kier molecular flexibility index (Phi) is 5.33. The van der Waals surface area contributed by atoms with Crippen LogP contribution in [-0.2, 0) is 4.74 Å². The highest BCUT2D eigenvalue weighted by Gasteiger charge is 2.19. The summed E-state index contributed by atoms with van der Waals surface area (Å²) in [5, 5.41) is 5.04. The molecule has 1 rings (SSSR count). The molecule has 0 aromatic carbocycles. The second-order valence-electron chi connectivity index (χ2n) is 3.93. The van der Waals surface area contributed by atoms with Gasteiger partial charge in [-0.2, -0.15) is 0 Å². The Bertz CT molecular complexity index is 195. The molecule has 0 radical (unpaired) electrons. The summed E-state index contributed by atoms with van der Waals surface area (Å²) in [6.07, 6.45) is 1.25. The Morgan fingerprint density at radius 3 is 3.07 bits per heavy atom. The fourth-order valence-corrected chi connectivity index (χ4v) is 2.70. The monoisotopic (exact) mass is 216 g/mol. The lowest BCUT2D eigenvalue weighted by Gasteiger charge is -2.10. The van der Waals surface area contributed by atoms with Gasteiger partial charge in [0.2, 0.25) is 0 Å². The zero-order valence-electron chi connectivity index (χ0n) is 9.25. The smallest absolute Gasteiger partial charge is 0.157 e. The molecular formula is C10H20N2OS. The van der Waals surface area contributed by atoms with Gasteiger partial charge in [-0.15, -0.1) is 0 Å². The normalized spacial score (nSPS) is 21.4. The number of hydrogen-bond donors (Lipinski definition) is 1. The van der Waals surface area contributed by atoms with Gasteiger partial charge in [0.1, 0.15) is 0 Å². The van der Waals surface area contributed by atoms with Crippen LogP contribution < -0.4 is 5.32 Å². The third-order valence-corrected chi connectivity index (χ3v) is 3.21. The summed E-state index contributed by atoms with van der Waals surface area (Å²) in [7, 11) is 1.72. The Morgan fingerprint density at radius 2 is 2.43 bits per heavy atom. The van der Waals surface area contributed by atoms with Gasteiger partial charge in [0.25, 0.3) is 0 Å². The van der Waals surface area contributed by atoms with Crippen molar-refractivity contribution in [3.63, 3.8) is 0 Å². The molecule has 4 heteroatoms. The molecule has 0 fully saturated rings. The molecule has 0 aromatic rings. The molecule has 82 valence electrons. The number of nitrogens with one attached hydrogen (secondary N) is 1. The van der Waals surface area contributed by atoms with Crippen LogP contribution in [0.1, 0.15) is 20.3 Å². The lowest BCUT2D eigenvalue weighted by molar-refractivity contribution is 0.204. The van der Waals surface area contributed by atoms with E-state index in [0.29, 0.717) is 5.25 Å². The van der Waals surface area contributed by atoms with Crippen LogP contribution in [0.15, 0.2) is 4.99 Å². The Morgan fingerprint density at radius 1 is 1.64 bits per heavy atom. The van der Waals surface area contributed by atoms with Crippen molar-refractivity contribution in [1.29, 1.82) is 0 Å². The second-order valence-corrected chi connectivity index (χ2v) is 5.22. The Balaban J connectivity index is 2.12. The molecule has 1 aliphatic rings. The Labute approximate surface area is 90.7 Å². The van der Waals surface area contributed by atoms with Crippen LogP contribution in [0.3, 0.4) is 0 Å². The number of nitrogens with zero attached hydrogens (tertiary/aromatic N) is 1. The first kappa shape index (κ1) is 11.9. The van der Waals surface area contributed by atoms with Crippen molar-refractivity contribution in [3.05, 3.63) is 0 Å². The van der Waals surface area contributed by atoms with Crippen molar-refractivity contribution in [3.8, 4) is 0 Å². The summed E-state index contributed by atoms with van der Waals surface area (Å²) in [4.78, 5) is 4.45. The summed E-state index contributed by atoms with van der Waals surface area (Å²) in [5.74, 6) is 0.765. The van der Waals surface area contributed by atoms with Crippen molar-refractivity contribution >= 4 is 16.9 Å². The molecule has 3 nitrogen and oxygen atoms in total. The highest BCUT2D eigenvalue weighted by atomic mass is 32.2. The second kappa shape index (κ2) is 6.30. The van der Waals surface area contributed by atoms with Gasteiger partial charge in [-0.25, -0.2) is 0 Å². The fourth-order valence-electron chi connectivity index (χ4n) is 1.42. The van der Waals surface area contributed by atoms with Gasteiger partial charge < -0.3 is 10.1 Å². The van der Waals surface area contributed by atoms with Crippen LogP contribution in [0.4, 0.5) is 0 Å². The maximum atomic E-state index is 4.97. The highest BCUT2D eigenvalue weighted by Crippen LogP contribution is 2.25. The number of rotatable bonds is 5. The van der Waals surface area contributed by atoms with Crippen LogP contribution in [0.5, 0.6) is 0 Å². The molecule has 0 bridgehead atoms. The lowest BCUT2D eigenvalue weighted by Crippen LogP contribution is -2.23. The van der Waals surface area contributed by atoms with Crippen molar-refractivity contribution in [2.75, 3.05) is 26.8 Å². The van der Waals surface area contributed by atoms with Crippen LogP contribution >= 0.6 is 11.8 Å². The van der Waals surface area contributed by atoms with E-state index in [9.17, 15) is 0 Å². The van der Waals surface area contributed by atoms with Crippen molar-refractivity contribution < 1.29 is 4.74 Å². The molecule has 14 heavy (non-hydrogen) atoms. The van der Waals surface area contributed by atoms with Gasteiger partial charge in [-0.05, 0) is 12.3 Å². The zero-order valence-corrected chi connectivity index (χ0v) is 10.1. The molecule has 0 aromatic heterocycles. The zero-order chi connectivity index (χ0) is 10.4. The average molecular weight is 216 g/mol. The first-order valence-corrected chi connectivity index (χ1v) is 6.04. The fraction of sp³-hybridized carbons (Fsp3) is 0.900. The number of amidine groups is 1. The summed E-state index contributed by atoms with van der Waals surface area (Å²) < 4.78 is 4.97. The topological polar surface area (TPSA) is 33.6 Å². The van der Waals surface area contributed by atoms with Gasteiger partial charge in [0, 0.05) is 18.9 Å². The molecule has 0 aliphatic carbocycles. The average Bonchev–Trinajstić information content (AvgIpc) is 2.52. The number of methoxy groups -OCH3 is 1. The summed E-state index contributed by atoms with van der Waals surface area (Å²) in [6, 6.07) is 0. The minimum atomic E-state index is 0.681. The predicted molar refractivity (Wildman–Crippen MR) is 63.0 cm³/mol. The summed E-state index contributed by atoms with van der Waals surface area (Å²) >= 11 is 1.87. The molecule has 0 saturated heterocycles. The molecule has 1 atom stereocenters. The van der Waals surface area contributed by atoms with E-state index in [-0.39, 0.29) is 0 Å². The van der Waals surface area contributed by atoms with Gasteiger partial charge >= 0.3 is 0 Å². The molecule has 1 heterocycles. The Hall–Kier alpha value is -0.220. The highest BCUT2D eigenvalue weighted by molar-refractivity contribution is 8.14. The standard InChI is InChI=1S/C10H20N2OS/c1-8(2)6-9-7-12-10(14-9)11-4-5-13-3/h8-9H,4-7H2,1-3H3,(H,11,12). The number of aliphatic imine (C=N–C) groups is 1. The van der Waals surface area contributed by atoms with Gasteiger partial charge in [0.15, 0.2) is 5.17 Å².